The number of carbonyl (C=O) groups is 1. The van der Waals surface area contributed by atoms with Gasteiger partial charge in [0.25, 0.3) is 5.56 Å². The number of anilines is 1. The molecule has 31 heavy (non-hydrogen) atoms. The summed E-state index contributed by atoms with van der Waals surface area (Å²) in [5.74, 6) is 0.646. The molecule has 1 aliphatic carbocycles. The van der Waals surface area contributed by atoms with E-state index in [9.17, 15) is 9.59 Å². The monoisotopic (exact) mass is 423 g/mol. The van der Waals surface area contributed by atoms with Crippen molar-refractivity contribution in [1.29, 1.82) is 0 Å². The molecule has 2 aromatic rings. The highest BCUT2D eigenvalue weighted by molar-refractivity contribution is 5.76. The maximum Gasteiger partial charge on any atom is 0.267 e. The number of nitrogens with zero attached hydrogens (tertiary/aromatic N) is 4. The van der Waals surface area contributed by atoms with Crippen LogP contribution in [0.1, 0.15) is 44.1 Å². The van der Waals surface area contributed by atoms with Gasteiger partial charge in [0.2, 0.25) is 5.91 Å². The van der Waals surface area contributed by atoms with Crippen LogP contribution >= 0.6 is 0 Å². The van der Waals surface area contributed by atoms with Gasteiger partial charge in [-0.3, -0.25) is 14.5 Å². The molecule has 166 valence electrons. The Kier molecular flexibility index (Phi) is 7.35. The molecule has 1 aromatic carbocycles. The van der Waals surface area contributed by atoms with Gasteiger partial charge in [0, 0.05) is 44.8 Å². The molecule has 0 atom stereocenters. The minimum Gasteiger partial charge on any atom is -0.353 e. The van der Waals surface area contributed by atoms with Gasteiger partial charge in [-0.25, -0.2) is 4.68 Å². The number of nitrogens with one attached hydrogen (secondary N) is 1. The van der Waals surface area contributed by atoms with Crippen molar-refractivity contribution in [1.82, 2.24) is 20.0 Å². The zero-order valence-electron chi connectivity index (χ0n) is 18.2. The standard InChI is InChI=1S/C24H33N5O2/c30-23(25-21-10-6-1-2-7-11-21)19-29-24(31)13-12-22(26-29)28-16-14-27(15-17-28)18-20-8-4-3-5-9-20/h3-5,8-9,12-13,21H,1-2,6-7,10-11,14-19H2,(H,25,30). The van der Waals surface area contributed by atoms with Crippen LogP contribution in [-0.2, 0) is 17.9 Å². The number of carbonyl (C=O) groups excluding carboxylic acids is 1. The zero-order chi connectivity index (χ0) is 21.5. The first-order chi connectivity index (χ1) is 15.2. The molecule has 1 saturated heterocycles. The Labute approximate surface area is 184 Å². The Hall–Kier alpha value is -2.67. The highest BCUT2D eigenvalue weighted by Crippen LogP contribution is 2.17. The van der Waals surface area contributed by atoms with E-state index in [1.54, 1.807) is 6.07 Å². The largest absolute Gasteiger partial charge is 0.353 e. The first-order valence-electron chi connectivity index (χ1n) is 11.6. The highest BCUT2D eigenvalue weighted by atomic mass is 16.2. The van der Waals surface area contributed by atoms with E-state index in [4.69, 9.17) is 0 Å². The lowest BCUT2D eigenvalue weighted by Crippen LogP contribution is -2.47. The lowest BCUT2D eigenvalue weighted by Gasteiger charge is -2.35. The summed E-state index contributed by atoms with van der Waals surface area (Å²) in [5, 5.41) is 7.61. The Balaban J connectivity index is 1.32. The van der Waals surface area contributed by atoms with Crippen molar-refractivity contribution in [2.45, 2.75) is 57.7 Å². The number of hydrogen-bond acceptors (Lipinski definition) is 5. The van der Waals surface area contributed by atoms with Gasteiger partial charge in [0.05, 0.1) is 0 Å². The normalized spacial score (nSPS) is 18.5. The minimum atomic E-state index is -0.234. The second kappa shape index (κ2) is 10.6. The molecular formula is C24H33N5O2. The second-order valence-electron chi connectivity index (χ2n) is 8.69. The lowest BCUT2D eigenvalue weighted by molar-refractivity contribution is -0.122. The number of hydrogen-bond donors (Lipinski definition) is 1. The third-order valence-electron chi connectivity index (χ3n) is 6.31. The summed E-state index contributed by atoms with van der Waals surface area (Å²) >= 11 is 0. The molecule has 7 heteroatoms. The Morgan fingerprint density at radius 2 is 1.65 bits per heavy atom. The molecule has 0 spiro atoms. The van der Waals surface area contributed by atoms with E-state index in [1.807, 2.05) is 6.07 Å². The van der Waals surface area contributed by atoms with Crippen LogP contribution in [0.3, 0.4) is 0 Å². The summed E-state index contributed by atoms with van der Waals surface area (Å²) in [6.07, 6.45) is 6.87. The molecule has 7 nitrogen and oxygen atoms in total. The Bertz CT molecular complexity index is 898. The van der Waals surface area contributed by atoms with Crippen molar-refractivity contribution < 1.29 is 4.79 Å². The van der Waals surface area contributed by atoms with E-state index in [2.05, 4.69) is 44.5 Å². The van der Waals surface area contributed by atoms with Crippen molar-refractivity contribution in [3.63, 3.8) is 0 Å². The topological polar surface area (TPSA) is 70.5 Å². The molecule has 0 bridgehead atoms. The minimum absolute atomic E-state index is 0.0167. The highest BCUT2D eigenvalue weighted by Gasteiger charge is 2.20. The fourth-order valence-electron chi connectivity index (χ4n) is 4.53. The molecular weight excluding hydrogens is 390 g/mol. The van der Waals surface area contributed by atoms with Crippen LogP contribution in [-0.4, -0.2) is 52.8 Å². The number of benzene rings is 1. The van der Waals surface area contributed by atoms with Gasteiger partial charge in [-0.05, 0) is 24.5 Å². The molecule has 2 aliphatic rings. The van der Waals surface area contributed by atoms with Gasteiger partial charge >= 0.3 is 0 Å². The molecule has 1 aromatic heterocycles. The van der Waals surface area contributed by atoms with Crippen molar-refractivity contribution >= 4 is 11.7 Å². The van der Waals surface area contributed by atoms with Crippen molar-refractivity contribution in [2.75, 3.05) is 31.1 Å². The Morgan fingerprint density at radius 3 is 2.35 bits per heavy atom. The van der Waals surface area contributed by atoms with Crippen LogP contribution in [0.2, 0.25) is 0 Å². The fourth-order valence-corrected chi connectivity index (χ4v) is 4.53. The van der Waals surface area contributed by atoms with Crippen LogP contribution in [0.5, 0.6) is 0 Å². The summed E-state index contributed by atoms with van der Waals surface area (Å²) in [4.78, 5) is 29.4. The molecule has 1 amide bonds. The van der Waals surface area contributed by atoms with Crippen molar-refractivity contribution in [2.24, 2.45) is 0 Å². The molecule has 1 aliphatic heterocycles. The third-order valence-corrected chi connectivity index (χ3v) is 6.31. The molecule has 1 N–H and O–H groups in total. The Morgan fingerprint density at radius 1 is 0.935 bits per heavy atom. The number of amides is 1. The second-order valence-corrected chi connectivity index (χ2v) is 8.69. The van der Waals surface area contributed by atoms with Gasteiger partial charge in [-0.1, -0.05) is 56.0 Å². The SMILES string of the molecule is O=C(Cn1nc(N2CCN(Cc3ccccc3)CC2)ccc1=O)NC1CCCCCC1. The van der Waals surface area contributed by atoms with Crippen molar-refractivity contribution in [3.8, 4) is 0 Å². The molecule has 0 radical (unpaired) electrons. The first kappa shape index (κ1) is 21.6. The maximum absolute atomic E-state index is 12.5. The zero-order valence-corrected chi connectivity index (χ0v) is 18.2. The maximum atomic E-state index is 12.5. The molecule has 0 unspecified atom stereocenters. The van der Waals surface area contributed by atoms with E-state index in [1.165, 1.54) is 29.2 Å². The number of rotatable bonds is 6. The smallest absolute Gasteiger partial charge is 0.267 e. The average molecular weight is 424 g/mol. The molecule has 2 heterocycles. The van der Waals surface area contributed by atoms with Gasteiger partial charge in [-0.15, -0.1) is 0 Å². The van der Waals surface area contributed by atoms with E-state index in [0.717, 1.165) is 64.2 Å². The predicted octanol–water partition coefficient (Wildman–Crippen LogP) is 2.40. The van der Waals surface area contributed by atoms with Crippen LogP contribution < -0.4 is 15.8 Å². The van der Waals surface area contributed by atoms with Gasteiger partial charge in [-0.2, -0.15) is 5.10 Å². The lowest BCUT2D eigenvalue weighted by atomic mass is 10.1. The van der Waals surface area contributed by atoms with Gasteiger partial charge in [0.1, 0.15) is 12.4 Å². The summed E-state index contributed by atoms with van der Waals surface area (Å²) in [6, 6.07) is 14.0. The van der Waals surface area contributed by atoms with E-state index >= 15 is 0 Å². The fraction of sp³-hybridized carbons (Fsp3) is 0.542. The quantitative estimate of drug-likeness (QED) is 0.723. The summed E-state index contributed by atoms with van der Waals surface area (Å²) in [7, 11) is 0. The summed E-state index contributed by atoms with van der Waals surface area (Å²) < 4.78 is 1.30. The molecule has 4 rings (SSSR count). The number of piperazine rings is 1. The third kappa shape index (κ3) is 6.17. The predicted molar refractivity (Wildman–Crippen MR) is 122 cm³/mol. The van der Waals surface area contributed by atoms with E-state index in [0.29, 0.717) is 0 Å². The average Bonchev–Trinajstić information content (AvgIpc) is 3.05. The molecule has 2 fully saturated rings. The van der Waals surface area contributed by atoms with E-state index < -0.39 is 0 Å². The summed E-state index contributed by atoms with van der Waals surface area (Å²) in [5.41, 5.74) is 1.09. The van der Waals surface area contributed by atoms with Gasteiger partial charge < -0.3 is 10.2 Å². The van der Waals surface area contributed by atoms with Crippen molar-refractivity contribution in [3.05, 3.63) is 58.4 Å². The molecule has 1 saturated carbocycles. The van der Waals surface area contributed by atoms with Crippen LogP contribution in [0.25, 0.3) is 0 Å². The van der Waals surface area contributed by atoms with Crippen LogP contribution in [0.4, 0.5) is 5.82 Å². The number of aromatic nitrogens is 2. The van der Waals surface area contributed by atoms with E-state index in [-0.39, 0.29) is 24.1 Å². The first-order valence-corrected chi connectivity index (χ1v) is 11.6. The summed E-state index contributed by atoms with van der Waals surface area (Å²) in [6.45, 7) is 4.52. The van der Waals surface area contributed by atoms with Crippen LogP contribution in [0, 0.1) is 0 Å². The van der Waals surface area contributed by atoms with Crippen LogP contribution in [0.15, 0.2) is 47.3 Å². The van der Waals surface area contributed by atoms with Gasteiger partial charge in [0.15, 0.2) is 0 Å².